The molecule has 1 unspecified atom stereocenters. The lowest BCUT2D eigenvalue weighted by molar-refractivity contribution is 0.414. The van der Waals surface area contributed by atoms with Crippen molar-refractivity contribution in [1.82, 2.24) is 15.5 Å². The highest BCUT2D eigenvalue weighted by atomic mass is 16.4. The van der Waals surface area contributed by atoms with Gasteiger partial charge in [0.1, 0.15) is 5.76 Å². The first-order valence-corrected chi connectivity index (χ1v) is 5.87. The molecule has 0 fully saturated rings. The van der Waals surface area contributed by atoms with Crippen molar-refractivity contribution < 1.29 is 8.83 Å². The highest BCUT2D eigenvalue weighted by Crippen LogP contribution is 2.26. The van der Waals surface area contributed by atoms with Gasteiger partial charge in [-0.3, -0.25) is 0 Å². The van der Waals surface area contributed by atoms with Gasteiger partial charge in [-0.25, -0.2) is 0 Å². The minimum atomic E-state index is 0.105. The quantitative estimate of drug-likeness (QED) is 0.862. The van der Waals surface area contributed by atoms with Gasteiger partial charge in [-0.15, -0.1) is 10.2 Å². The zero-order valence-corrected chi connectivity index (χ0v) is 10.4. The van der Waals surface area contributed by atoms with Gasteiger partial charge in [0.2, 0.25) is 5.89 Å². The Labute approximate surface area is 100 Å². The van der Waals surface area contributed by atoms with Gasteiger partial charge in [0, 0.05) is 6.42 Å². The summed E-state index contributed by atoms with van der Waals surface area (Å²) in [6, 6.07) is 1.96. The molecule has 0 saturated carbocycles. The summed E-state index contributed by atoms with van der Waals surface area (Å²) in [7, 11) is 1.88. The van der Waals surface area contributed by atoms with E-state index in [0.29, 0.717) is 11.8 Å². The molecule has 0 saturated heterocycles. The van der Waals surface area contributed by atoms with Crippen LogP contribution < -0.4 is 5.32 Å². The van der Waals surface area contributed by atoms with Gasteiger partial charge in [0.05, 0.1) is 17.9 Å². The number of nitrogens with zero attached hydrogens (tertiary/aromatic N) is 2. The monoisotopic (exact) mass is 235 g/mol. The molecule has 0 aromatic carbocycles. The number of hydrogen-bond donors (Lipinski definition) is 1. The van der Waals surface area contributed by atoms with Crippen molar-refractivity contribution in [3.63, 3.8) is 0 Å². The normalized spacial score (nSPS) is 12.9. The summed E-state index contributed by atoms with van der Waals surface area (Å²) >= 11 is 0. The second kappa shape index (κ2) is 5.14. The number of furan rings is 1. The molecule has 0 amide bonds. The average molecular weight is 235 g/mol. The van der Waals surface area contributed by atoms with Crippen LogP contribution in [0.4, 0.5) is 0 Å². The van der Waals surface area contributed by atoms with E-state index in [1.165, 1.54) is 0 Å². The second-order valence-electron chi connectivity index (χ2n) is 3.81. The zero-order valence-electron chi connectivity index (χ0n) is 10.4. The maximum Gasteiger partial charge on any atom is 0.251 e. The standard InChI is InChI=1S/C12H17N3O2/c1-4-9(13-3)12-15-14-11(17-12)8-6-7-16-10(8)5-2/h6-7,9,13H,4-5H2,1-3H3. The molecular weight excluding hydrogens is 218 g/mol. The summed E-state index contributed by atoms with van der Waals surface area (Å²) < 4.78 is 11.0. The van der Waals surface area contributed by atoms with Gasteiger partial charge in [-0.2, -0.15) is 0 Å². The Hall–Kier alpha value is -1.62. The van der Waals surface area contributed by atoms with Crippen LogP contribution in [0.25, 0.3) is 11.5 Å². The van der Waals surface area contributed by atoms with E-state index >= 15 is 0 Å². The third-order valence-corrected chi connectivity index (χ3v) is 2.79. The van der Waals surface area contributed by atoms with Crippen molar-refractivity contribution in [3.8, 4) is 11.5 Å². The fourth-order valence-corrected chi connectivity index (χ4v) is 1.79. The van der Waals surface area contributed by atoms with Crippen LogP contribution >= 0.6 is 0 Å². The van der Waals surface area contributed by atoms with Gasteiger partial charge >= 0.3 is 0 Å². The molecule has 0 bridgehead atoms. The first kappa shape index (κ1) is 11.9. The molecule has 1 N–H and O–H groups in total. The Bertz CT molecular complexity index is 472. The molecule has 0 radical (unpaired) electrons. The lowest BCUT2D eigenvalue weighted by Gasteiger charge is -2.07. The largest absolute Gasteiger partial charge is 0.469 e. The molecule has 5 nitrogen and oxygen atoms in total. The zero-order chi connectivity index (χ0) is 12.3. The van der Waals surface area contributed by atoms with Crippen molar-refractivity contribution >= 4 is 0 Å². The Morgan fingerprint density at radius 1 is 1.35 bits per heavy atom. The van der Waals surface area contributed by atoms with Gasteiger partial charge < -0.3 is 14.2 Å². The van der Waals surface area contributed by atoms with Crippen LogP contribution in [0.2, 0.25) is 0 Å². The van der Waals surface area contributed by atoms with E-state index in [9.17, 15) is 0 Å². The predicted molar refractivity (Wildman–Crippen MR) is 63.5 cm³/mol. The smallest absolute Gasteiger partial charge is 0.251 e. The summed E-state index contributed by atoms with van der Waals surface area (Å²) in [5.41, 5.74) is 0.886. The lowest BCUT2D eigenvalue weighted by atomic mass is 10.2. The van der Waals surface area contributed by atoms with Crippen molar-refractivity contribution in [2.24, 2.45) is 0 Å². The van der Waals surface area contributed by atoms with Crippen LogP contribution in [0.3, 0.4) is 0 Å². The molecule has 0 spiro atoms. The maximum absolute atomic E-state index is 5.67. The van der Waals surface area contributed by atoms with E-state index in [2.05, 4.69) is 22.4 Å². The summed E-state index contributed by atoms with van der Waals surface area (Å²) in [5, 5.41) is 11.3. The SMILES string of the molecule is CCc1occc1-c1nnc(C(CC)NC)o1. The van der Waals surface area contributed by atoms with Crippen LogP contribution in [0.15, 0.2) is 21.2 Å². The number of nitrogens with one attached hydrogen (secondary N) is 1. The van der Waals surface area contributed by atoms with E-state index in [-0.39, 0.29) is 6.04 Å². The molecule has 17 heavy (non-hydrogen) atoms. The molecule has 2 aromatic rings. The number of hydrogen-bond acceptors (Lipinski definition) is 5. The van der Waals surface area contributed by atoms with Crippen molar-refractivity contribution in [3.05, 3.63) is 24.0 Å². The maximum atomic E-state index is 5.67. The molecule has 0 aliphatic carbocycles. The topological polar surface area (TPSA) is 64.1 Å². The molecule has 92 valence electrons. The van der Waals surface area contributed by atoms with Gasteiger partial charge in [-0.05, 0) is 19.5 Å². The first-order valence-electron chi connectivity index (χ1n) is 5.87. The van der Waals surface area contributed by atoms with Crippen LogP contribution in [-0.2, 0) is 6.42 Å². The lowest BCUT2D eigenvalue weighted by Crippen LogP contribution is -2.15. The average Bonchev–Trinajstić information content (AvgIpc) is 2.98. The number of aryl methyl sites for hydroxylation is 1. The summed E-state index contributed by atoms with van der Waals surface area (Å²) in [6.45, 7) is 4.10. The van der Waals surface area contributed by atoms with Crippen LogP contribution in [-0.4, -0.2) is 17.2 Å². The number of aromatic nitrogens is 2. The van der Waals surface area contributed by atoms with Gasteiger partial charge in [0.15, 0.2) is 0 Å². The Morgan fingerprint density at radius 3 is 2.82 bits per heavy atom. The van der Waals surface area contributed by atoms with Crippen LogP contribution in [0, 0.1) is 0 Å². The van der Waals surface area contributed by atoms with E-state index < -0.39 is 0 Å². The van der Waals surface area contributed by atoms with Crippen molar-refractivity contribution in [2.45, 2.75) is 32.7 Å². The highest BCUT2D eigenvalue weighted by Gasteiger charge is 2.18. The minimum Gasteiger partial charge on any atom is -0.469 e. The predicted octanol–water partition coefficient (Wildman–Crippen LogP) is 2.56. The first-order chi connectivity index (χ1) is 8.30. The fourth-order valence-electron chi connectivity index (χ4n) is 1.79. The van der Waals surface area contributed by atoms with E-state index in [1.807, 2.05) is 20.0 Å². The molecule has 2 heterocycles. The molecule has 0 aliphatic rings. The van der Waals surface area contributed by atoms with E-state index in [0.717, 1.165) is 24.2 Å². The highest BCUT2D eigenvalue weighted by molar-refractivity contribution is 5.54. The summed E-state index contributed by atoms with van der Waals surface area (Å²) in [6.07, 6.45) is 3.36. The van der Waals surface area contributed by atoms with Crippen LogP contribution in [0.1, 0.15) is 38.0 Å². The fraction of sp³-hybridized carbons (Fsp3) is 0.500. The minimum absolute atomic E-state index is 0.105. The van der Waals surface area contributed by atoms with Crippen molar-refractivity contribution in [2.75, 3.05) is 7.05 Å². The molecular formula is C12H17N3O2. The molecule has 2 aromatic heterocycles. The molecule has 0 aliphatic heterocycles. The van der Waals surface area contributed by atoms with Gasteiger partial charge in [0.25, 0.3) is 5.89 Å². The van der Waals surface area contributed by atoms with E-state index in [1.54, 1.807) is 6.26 Å². The van der Waals surface area contributed by atoms with E-state index in [4.69, 9.17) is 8.83 Å². The van der Waals surface area contributed by atoms with Crippen molar-refractivity contribution in [1.29, 1.82) is 0 Å². The molecule has 5 heteroatoms. The molecule has 2 rings (SSSR count). The second-order valence-corrected chi connectivity index (χ2v) is 3.81. The molecule has 1 atom stereocenters. The number of rotatable bonds is 5. The summed E-state index contributed by atoms with van der Waals surface area (Å²) in [5.74, 6) is 2.02. The van der Waals surface area contributed by atoms with Crippen LogP contribution in [0.5, 0.6) is 0 Å². The Morgan fingerprint density at radius 2 is 2.18 bits per heavy atom. The third kappa shape index (κ3) is 2.24. The Balaban J connectivity index is 2.29. The summed E-state index contributed by atoms with van der Waals surface area (Å²) in [4.78, 5) is 0. The third-order valence-electron chi connectivity index (χ3n) is 2.79. The van der Waals surface area contributed by atoms with Gasteiger partial charge in [-0.1, -0.05) is 13.8 Å². The Kier molecular flexibility index (Phi) is 3.58.